The molecule has 0 saturated carbocycles. The third-order valence-electron chi connectivity index (χ3n) is 2.69. The Labute approximate surface area is 73.8 Å². The molecule has 1 aliphatic carbocycles. The van der Waals surface area contributed by atoms with Crippen LogP contribution in [-0.2, 0) is 12.8 Å². The van der Waals surface area contributed by atoms with E-state index in [0.717, 1.165) is 0 Å². The van der Waals surface area contributed by atoms with Crippen molar-refractivity contribution < 1.29 is 0 Å². The largest absolute Gasteiger partial charge is 0.319 e. The van der Waals surface area contributed by atoms with Crippen LogP contribution in [0.5, 0.6) is 0 Å². The number of fused-ring (bicyclic) bond motifs is 1. The van der Waals surface area contributed by atoms with Gasteiger partial charge in [0.15, 0.2) is 0 Å². The molecule has 2 heteroatoms. The number of aromatic nitrogens is 1. The first-order valence-electron chi connectivity index (χ1n) is 4.57. The van der Waals surface area contributed by atoms with E-state index in [1.807, 2.05) is 0 Å². The third-order valence-corrected chi connectivity index (χ3v) is 2.69. The predicted octanol–water partition coefficient (Wildman–Crippen LogP) is 1.48. The lowest BCUT2D eigenvalue weighted by Gasteiger charge is -2.17. The van der Waals surface area contributed by atoms with Crippen LogP contribution in [-0.4, -0.2) is 18.8 Å². The van der Waals surface area contributed by atoms with Crippen molar-refractivity contribution in [2.24, 2.45) is 0 Å². The maximum atomic E-state index is 2.28. The highest BCUT2D eigenvalue weighted by molar-refractivity contribution is 5.35. The molecule has 0 spiro atoms. The van der Waals surface area contributed by atoms with Gasteiger partial charge in [0.2, 0.25) is 0 Å². The van der Waals surface area contributed by atoms with Crippen LogP contribution in [0.25, 0.3) is 0 Å². The molecule has 0 unspecified atom stereocenters. The van der Waals surface area contributed by atoms with Gasteiger partial charge in [0.25, 0.3) is 0 Å². The van der Waals surface area contributed by atoms with E-state index in [9.17, 15) is 0 Å². The van der Waals surface area contributed by atoms with E-state index >= 15 is 0 Å². The molecule has 66 valence electrons. The van der Waals surface area contributed by atoms with Crippen molar-refractivity contribution in [3.05, 3.63) is 23.0 Å². The summed E-state index contributed by atoms with van der Waals surface area (Å²) in [6, 6.07) is 0. The normalized spacial score (nSPS) is 14.9. The van der Waals surface area contributed by atoms with Gasteiger partial charge in [0, 0.05) is 26.0 Å². The second kappa shape index (κ2) is 2.54. The fraction of sp³-hybridized carbons (Fsp3) is 0.600. The molecule has 2 nitrogen and oxygen atoms in total. The molecular formula is C10H16N2. The first-order chi connectivity index (χ1) is 5.70. The quantitative estimate of drug-likeness (QED) is 0.610. The summed E-state index contributed by atoms with van der Waals surface area (Å²) >= 11 is 0. The van der Waals surface area contributed by atoms with Gasteiger partial charge in [-0.1, -0.05) is 0 Å². The Morgan fingerprint density at radius 3 is 2.75 bits per heavy atom. The molecule has 0 aliphatic heterocycles. The second-order valence-electron chi connectivity index (χ2n) is 3.78. The molecule has 0 fully saturated rings. The van der Waals surface area contributed by atoms with Crippen molar-refractivity contribution in [2.45, 2.75) is 26.2 Å². The summed E-state index contributed by atoms with van der Waals surface area (Å²) in [5.74, 6) is 0. The number of rotatable bonds is 1. The SMILES string of the molecule is Cc1cn(N(C)C)c2c1CCC2. The monoisotopic (exact) mass is 164 g/mol. The van der Waals surface area contributed by atoms with Crippen LogP contribution in [0.15, 0.2) is 6.20 Å². The standard InChI is InChI=1S/C10H16N2/c1-8-7-12(11(2)3)10-6-4-5-9(8)10/h7H,4-6H2,1-3H3. The van der Waals surface area contributed by atoms with Gasteiger partial charge in [0.05, 0.1) is 0 Å². The highest BCUT2D eigenvalue weighted by Crippen LogP contribution is 2.26. The summed E-state index contributed by atoms with van der Waals surface area (Å²) in [5.41, 5.74) is 4.57. The molecule has 0 amide bonds. The lowest BCUT2D eigenvalue weighted by Crippen LogP contribution is -2.25. The molecule has 0 saturated heterocycles. The van der Waals surface area contributed by atoms with Gasteiger partial charge < -0.3 is 5.01 Å². The molecule has 1 aromatic heterocycles. The van der Waals surface area contributed by atoms with Crippen molar-refractivity contribution in [3.8, 4) is 0 Å². The van der Waals surface area contributed by atoms with Crippen LogP contribution in [0, 0.1) is 6.92 Å². The van der Waals surface area contributed by atoms with E-state index < -0.39 is 0 Å². The Morgan fingerprint density at radius 1 is 1.33 bits per heavy atom. The smallest absolute Gasteiger partial charge is 0.0431 e. The molecule has 0 atom stereocenters. The lowest BCUT2D eigenvalue weighted by atomic mass is 10.2. The summed E-state index contributed by atoms with van der Waals surface area (Å²) < 4.78 is 2.28. The summed E-state index contributed by atoms with van der Waals surface area (Å²) in [6.45, 7) is 2.21. The number of hydrogen-bond donors (Lipinski definition) is 0. The van der Waals surface area contributed by atoms with Crippen molar-refractivity contribution in [3.63, 3.8) is 0 Å². The summed E-state index contributed by atoms with van der Waals surface area (Å²) in [4.78, 5) is 0. The van der Waals surface area contributed by atoms with Crippen LogP contribution in [0.4, 0.5) is 0 Å². The molecule has 0 aromatic carbocycles. The lowest BCUT2D eigenvalue weighted by molar-refractivity contribution is 0.691. The van der Waals surface area contributed by atoms with Crippen molar-refractivity contribution >= 4 is 0 Å². The summed E-state index contributed by atoms with van der Waals surface area (Å²) in [5, 5.41) is 2.15. The summed E-state index contributed by atoms with van der Waals surface area (Å²) in [6.07, 6.45) is 6.10. The molecule has 1 heterocycles. The molecule has 1 aliphatic rings. The predicted molar refractivity (Wildman–Crippen MR) is 51.3 cm³/mol. The average molecular weight is 164 g/mol. The van der Waals surface area contributed by atoms with Gasteiger partial charge in [0.1, 0.15) is 0 Å². The number of aryl methyl sites for hydroxylation is 1. The Morgan fingerprint density at radius 2 is 2.08 bits per heavy atom. The Hall–Kier alpha value is -0.920. The molecule has 0 bridgehead atoms. The van der Waals surface area contributed by atoms with E-state index in [2.05, 4.69) is 36.9 Å². The molecule has 2 rings (SSSR count). The molecule has 0 radical (unpaired) electrons. The summed E-state index contributed by atoms with van der Waals surface area (Å²) in [7, 11) is 4.19. The van der Waals surface area contributed by atoms with Crippen molar-refractivity contribution in [1.29, 1.82) is 0 Å². The number of hydrogen-bond acceptors (Lipinski definition) is 1. The van der Waals surface area contributed by atoms with Crippen LogP contribution < -0.4 is 5.01 Å². The highest BCUT2D eigenvalue weighted by Gasteiger charge is 2.18. The van der Waals surface area contributed by atoms with Gasteiger partial charge in [-0.3, -0.25) is 4.68 Å². The zero-order chi connectivity index (χ0) is 8.72. The van der Waals surface area contributed by atoms with Gasteiger partial charge in [-0.15, -0.1) is 0 Å². The number of nitrogens with zero attached hydrogens (tertiary/aromatic N) is 2. The van der Waals surface area contributed by atoms with Crippen molar-refractivity contribution in [1.82, 2.24) is 4.68 Å². The average Bonchev–Trinajstić information content (AvgIpc) is 2.53. The minimum atomic E-state index is 1.25. The Balaban J connectivity index is 2.51. The molecular weight excluding hydrogens is 148 g/mol. The van der Waals surface area contributed by atoms with E-state index in [1.54, 1.807) is 5.56 Å². The van der Waals surface area contributed by atoms with Crippen LogP contribution >= 0.6 is 0 Å². The topological polar surface area (TPSA) is 8.17 Å². The first-order valence-corrected chi connectivity index (χ1v) is 4.57. The fourth-order valence-electron chi connectivity index (χ4n) is 2.10. The fourth-order valence-corrected chi connectivity index (χ4v) is 2.10. The highest BCUT2D eigenvalue weighted by atomic mass is 15.5. The van der Waals surface area contributed by atoms with Gasteiger partial charge >= 0.3 is 0 Å². The maximum Gasteiger partial charge on any atom is 0.0431 e. The zero-order valence-electron chi connectivity index (χ0n) is 8.09. The Bertz CT molecular complexity index is 297. The third kappa shape index (κ3) is 0.942. The first kappa shape index (κ1) is 7.71. The minimum Gasteiger partial charge on any atom is -0.319 e. The Kier molecular flexibility index (Phi) is 1.63. The molecule has 12 heavy (non-hydrogen) atoms. The van der Waals surface area contributed by atoms with E-state index in [0.29, 0.717) is 0 Å². The molecule has 1 aromatic rings. The van der Waals surface area contributed by atoms with Crippen molar-refractivity contribution in [2.75, 3.05) is 19.1 Å². The van der Waals surface area contributed by atoms with Crippen LogP contribution in [0.2, 0.25) is 0 Å². The van der Waals surface area contributed by atoms with E-state index in [-0.39, 0.29) is 0 Å². The van der Waals surface area contributed by atoms with Gasteiger partial charge in [-0.05, 0) is 37.3 Å². The zero-order valence-corrected chi connectivity index (χ0v) is 8.09. The minimum absolute atomic E-state index is 1.25. The van der Waals surface area contributed by atoms with E-state index in [1.165, 1.54) is 30.5 Å². The van der Waals surface area contributed by atoms with Crippen LogP contribution in [0.1, 0.15) is 23.2 Å². The van der Waals surface area contributed by atoms with Gasteiger partial charge in [-0.25, -0.2) is 0 Å². The molecule has 0 N–H and O–H groups in total. The maximum absolute atomic E-state index is 2.28. The second-order valence-corrected chi connectivity index (χ2v) is 3.78. The van der Waals surface area contributed by atoms with E-state index in [4.69, 9.17) is 0 Å². The van der Waals surface area contributed by atoms with Crippen LogP contribution in [0.3, 0.4) is 0 Å². The van der Waals surface area contributed by atoms with Gasteiger partial charge in [-0.2, -0.15) is 0 Å².